The van der Waals surface area contributed by atoms with Crippen LogP contribution in [0.2, 0.25) is 0 Å². The minimum atomic E-state index is -0.335. The Balaban J connectivity index is 1.85. The minimum Gasteiger partial charge on any atom is -0.461 e. The van der Waals surface area contributed by atoms with E-state index in [1.807, 2.05) is 5.38 Å². The van der Waals surface area contributed by atoms with Gasteiger partial charge in [0, 0.05) is 18.5 Å². The van der Waals surface area contributed by atoms with Gasteiger partial charge in [0.05, 0.1) is 12.3 Å². The van der Waals surface area contributed by atoms with Crippen LogP contribution in [0.4, 0.5) is 0 Å². The summed E-state index contributed by atoms with van der Waals surface area (Å²) in [5, 5.41) is 11.5. The summed E-state index contributed by atoms with van der Waals surface area (Å²) in [6, 6.07) is 0. The Hall–Kier alpha value is -0.980. The average Bonchev–Trinajstić information content (AvgIpc) is 2.88. The SMILES string of the molecule is CCOC(=O)c1nc(CN2CCC(CO)CC2)cs1. The van der Waals surface area contributed by atoms with Gasteiger partial charge in [0.15, 0.2) is 0 Å². The quantitative estimate of drug-likeness (QED) is 0.831. The molecule has 0 radical (unpaired) electrons. The summed E-state index contributed by atoms with van der Waals surface area (Å²) in [4.78, 5) is 18.1. The summed E-state index contributed by atoms with van der Waals surface area (Å²) in [5.74, 6) is 0.111. The van der Waals surface area contributed by atoms with Crippen molar-refractivity contribution in [2.75, 3.05) is 26.3 Å². The van der Waals surface area contributed by atoms with E-state index in [2.05, 4.69) is 9.88 Å². The number of piperidine rings is 1. The van der Waals surface area contributed by atoms with Gasteiger partial charge in [-0.1, -0.05) is 0 Å². The van der Waals surface area contributed by atoms with Crippen LogP contribution in [-0.2, 0) is 11.3 Å². The van der Waals surface area contributed by atoms with Crippen LogP contribution in [0.5, 0.6) is 0 Å². The first-order valence-electron chi connectivity index (χ1n) is 6.67. The Morgan fingerprint density at radius 1 is 1.58 bits per heavy atom. The van der Waals surface area contributed by atoms with Crippen molar-refractivity contribution in [2.45, 2.75) is 26.3 Å². The number of esters is 1. The summed E-state index contributed by atoms with van der Waals surface area (Å²) in [7, 11) is 0. The predicted octanol–water partition coefficient (Wildman–Crippen LogP) is 1.52. The molecule has 0 atom stereocenters. The van der Waals surface area contributed by atoms with Crippen molar-refractivity contribution in [2.24, 2.45) is 5.92 Å². The van der Waals surface area contributed by atoms with E-state index in [9.17, 15) is 4.79 Å². The highest BCUT2D eigenvalue weighted by atomic mass is 32.1. The molecule has 2 heterocycles. The second kappa shape index (κ2) is 6.98. The summed E-state index contributed by atoms with van der Waals surface area (Å²) in [6.45, 7) is 5.20. The molecule has 1 fully saturated rings. The molecule has 1 saturated heterocycles. The number of carbonyl (C=O) groups excluding carboxylic acids is 1. The first-order chi connectivity index (χ1) is 9.22. The van der Waals surface area contributed by atoms with Gasteiger partial charge in [0.1, 0.15) is 0 Å². The van der Waals surface area contributed by atoms with Gasteiger partial charge in [0.25, 0.3) is 0 Å². The fourth-order valence-corrected chi connectivity index (χ4v) is 2.92. The van der Waals surface area contributed by atoms with E-state index in [0.717, 1.165) is 38.2 Å². The highest BCUT2D eigenvalue weighted by molar-refractivity contribution is 7.11. The van der Waals surface area contributed by atoms with Crippen molar-refractivity contribution in [1.82, 2.24) is 9.88 Å². The lowest BCUT2D eigenvalue weighted by Crippen LogP contribution is -2.34. The monoisotopic (exact) mass is 284 g/mol. The molecule has 0 bridgehead atoms. The lowest BCUT2D eigenvalue weighted by molar-refractivity contribution is 0.0525. The molecule has 0 unspecified atom stereocenters. The molecule has 1 N–H and O–H groups in total. The molecule has 0 aromatic carbocycles. The van der Waals surface area contributed by atoms with E-state index < -0.39 is 0 Å². The summed E-state index contributed by atoms with van der Waals surface area (Å²) in [5.41, 5.74) is 0.926. The number of aromatic nitrogens is 1. The van der Waals surface area contributed by atoms with Crippen LogP contribution >= 0.6 is 11.3 Å². The van der Waals surface area contributed by atoms with Gasteiger partial charge < -0.3 is 9.84 Å². The summed E-state index contributed by atoms with van der Waals surface area (Å²) in [6.07, 6.45) is 2.07. The molecule has 6 heteroatoms. The van der Waals surface area contributed by atoms with Crippen LogP contribution in [0.25, 0.3) is 0 Å². The molecule has 0 saturated carbocycles. The molecule has 0 spiro atoms. The maximum absolute atomic E-state index is 11.5. The first kappa shape index (κ1) is 14.4. The largest absolute Gasteiger partial charge is 0.461 e. The van der Waals surface area contributed by atoms with Crippen LogP contribution in [-0.4, -0.2) is 47.3 Å². The lowest BCUT2D eigenvalue weighted by atomic mass is 9.98. The molecular weight excluding hydrogens is 264 g/mol. The Labute approximate surface area is 117 Å². The third-order valence-electron chi connectivity index (χ3n) is 3.35. The van der Waals surface area contributed by atoms with Gasteiger partial charge in [-0.2, -0.15) is 0 Å². The van der Waals surface area contributed by atoms with Gasteiger partial charge in [-0.3, -0.25) is 4.90 Å². The molecule has 0 aliphatic carbocycles. The van der Waals surface area contributed by atoms with Gasteiger partial charge in [-0.15, -0.1) is 11.3 Å². The predicted molar refractivity (Wildman–Crippen MR) is 73.2 cm³/mol. The van der Waals surface area contributed by atoms with Crippen molar-refractivity contribution >= 4 is 17.3 Å². The highest BCUT2D eigenvalue weighted by Gasteiger charge is 2.20. The number of thiazole rings is 1. The number of ether oxygens (including phenoxy) is 1. The van der Waals surface area contributed by atoms with Crippen LogP contribution in [0.1, 0.15) is 35.3 Å². The molecule has 0 amide bonds. The van der Waals surface area contributed by atoms with Crippen molar-refractivity contribution in [3.05, 3.63) is 16.1 Å². The zero-order valence-electron chi connectivity index (χ0n) is 11.2. The van der Waals surface area contributed by atoms with E-state index in [-0.39, 0.29) is 12.6 Å². The number of carbonyl (C=O) groups is 1. The second-order valence-electron chi connectivity index (χ2n) is 4.77. The van der Waals surface area contributed by atoms with Crippen LogP contribution in [0, 0.1) is 5.92 Å². The molecule has 1 aliphatic rings. The number of hydrogen-bond acceptors (Lipinski definition) is 6. The first-order valence-corrected chi connectivity index (χ1v) is 7.55. The number of rotatable bonds is 5. The zero-order chi connectivity index (χ0) is 13.7. The van der Waals surface area contributed by atoms with Crippen molar-refractivity contribution in [3.63, 3.8) is 0 Å². The third kappa shape index (κ3) is 3.99. The number of hydrogen-bond donors (Lipinski definition) is 1. The van der Waals surface area contributed by atoms with Crippen molar-refractivity contribution in [1.29, 1.82) is 0 Å². The molecular formula is C13H20N2O3S. The van der Waals surface area contributed by atoms with E-state index in [0.29, 0.717) is 17.5 Å². The molecule has 1 aromatic rings. The van der Waals surface area contributed by atoms with E-state index in [4.69, 9.17) is 9.84 Å². The standard InChI is InChI=1S/C13H20N2O3S/c1-2-18-13(17)12-14-11(9-19-12)7-15-5-3-10(8-16)4-6-15/h9-10,16H,2-8H2,1H3. The van der Waals surface area contributed by atoms with Gasteiger partial charge in [0.2, 0.25) is 5.01 Å². The average molecular weight is 284 g/mol. The van der Waals surface area contributed by atoms with Gasteiger partial charge in [-0.25, -0.2) is 9.78 Å². The Bertz CT molecular complexity index is 414. The topological polar surface area (TPSA) is 62.7 Å². The Morgan fingerprint density at radius 3 is 2.95 bits per heavy atom. The fraction of sp³-hybridized carbons (Fsp3) is 0.692. The molecule has 5 nitrogen and oxygen atoms in total. The number of aliphatic hydroxyl groups is 1. The van der Waals surface area contributed by atoms with Crippen molar-refractivity contribution in [3.8, 4) is 0 Å². The van der Waals surface area contributed by atoms with E-state index >= 15 is 0 Å². The minimum absolute atomic E-state index is 0.289. The van der Waals surface area contributed by atoms with E-state index in [1.165, 1.54) is 11.3 Å². The van der Waals surface area contributed by atoms with Crippen molar-refractivity contribution < 1.29 is 14.6 Å². The molecule has 1 aliphatic heterocycles. The van der Waals surface area contributed by atoms with Gasteiger partial charge in [-0.05, 0) is 38.8 Å². The second-order valence-corrected chi connectivity index (χ2v) is 5.62. The summed E-state index contributed by atoms with van der Waals surface area (Å²) >= 11 is 1.34. The van der Waals surface area contributed by atoms with Gasteiger partial charge >= 0.3 is 5.97 Å². The fourth-order valence-electron chi connectivity index (χ4n) is 2.22. The van der Waals surface area contributed by atoms with E-state index in [1.54, 1.807) is 6.92 Å². The van der Waals surface area contributed by atoms with Crippen LogP contribution in [0.3, 0.4) is 0 Å². The number of likely N-dealkylation sites (tertiary alicyclic amines) is 1. The highest BCUT2D eigenvalue weighted by Crippen LogP contribution is 2.19. The van der Waals surface area contributed by atoms with Crippen LogP contribution in [0.15, 0.2) is 5.38 Å². The normalized spacial score (nSPS) is 17.6. The zero-order valence-corrected chi connectivity index (χ0v) is 12.0. The maximum Gasteiger partial charge on any atom is 0.367 e. The third-order valence-corrected chi connectivity index (χ3v) is 4.22. The number of nitrogens with zero attached hydrogens (tertiary/aromatic N) is 2. The molecule has 2 rings (SSSR count). The Kier molecular flexibility index (Phi) is 5.30. The lowest BCUT2D eigenvalue weighted by Gasteiger charge is -2.30. The van der Waals surface area contributed by atoms with Crippen LogP contribution < -0.4 is 0 Å². The molecule has 106 valence electrons. The maximum atomic E-state index is 11.5. The molecule has 1 aromatic heterocycles. The smallest absolute Gasteiger partial charge is 0.367 e. The Morgan fingerprint density at radius 2 is 2.32 bits per heavy atom. The number of aliphatic hydroxyl groups excluding tert-OH is 1. The summed E-state index contributed by atoms with van der Waals surface area (Å²) < 4.78 is 4.93. The molecule has 19 heavy (non-hydrogen) atoms.